The molecule has 0 radical (unpaired) electrons. The largest absolute Gasteiger partial charge is 0.398 e. The molecule has 0 saturated heterocycles. The van der Waals surface area contributed by atoms with E-state index in [4.69, 9.17) is 17.3 Å². The number of nitrogens with zero attached hydrogens (tertiary/aromatic N) is 3. The summed E-state index contributed by atoms with van der Waals surface area (Å²) in [5.74, 6) is 1.47. The average molecular weight is 265 g/mol. The molecule has 0 unspecified atom stereocenters. The summed E-state index contributed by atoms with van der Waals surface area (Å²) >= 11 is 6.20. The van der Waals surface area contributed by atoms with Gasteiger partial charge >= 0.3 is 0 Å². The minimum atomic E-state index is -0.105. The molecule has 0 fully saturated rings. The van der Waals surface area contributed by atoms with E-state index in [0.29, 0.717) is 16.5 Å². The van der Waals surface area contributed by atoms with Crippen molar-refractivity contribution < 1.29 is 0 Å². The van der Waals surface area contributed by atoms with Crippen molar-refractivity contribution in [3.63, 3.8) is 0 Å². The summed E-state index contributed by atoms with van der Waals surface area (Å²) in [4.78, 5) is 4.56. The summed E-state index contributed by atoms with van der Waals surface area (Å²) in [7, 11) is 1.85. The minimum Gasteiger partial charge on any atom is -0.398 e. The fourth-order valence-electron chi connectivity index (χ4n) is 1.70. The van der Waals surface area contributed by atoms with Crippen LogP contribution in [-0.2, 0) is 12.5 Å². The van der Waals surface area contributed by atoms with Gasteiger partial charge in [0.2, 0.25) is 0 Å². The van der Waals surface area contributed by atoms with Gasteiger partial charge in [0.15, 0.2) is 11.6 Å². The zero-order valence-electron chi connectivity index (χ0n) is 11.0. The van der Waals surface area contributed by atoms with Crippen LogP contribution in [0, 0.1) is 0 Å². The van der Waals surface area contributed by atoms with Crippen LogP contribution in [-0.4, -0.2) is 14.8 Å². The first kappa shape index (κ1) is 12.9. The molecular weight excluding hydrogens is 248 g/mol. The number of rotatable bonds is 1. The normalized spacial score (nSPS) is 11.8. The highest BCUT2D eigenvalue weighted by atomic mass is 35.5. The predicted octanol–water partition coefficient (Wildman–Crippen LogP) is 3.02. The van der Waals surface area contributed by atoms with E-state index in [-0.39, 0.29) is 5.41 Å². The van der Waals surface area contributed by atoms with Crippen LogP contribution in [0.2, 0.25) is 5.02 Å². The van der Waals surface area contributed by atoms with Crippen LogP contribution in [0.3, 0.4) is 0 Å². The second kappa shape index (κ2) is 4.28. The number of aromatic nitrogens is 3. The van der Waals surface area contributed by atoms with E-state index >= 15 is 0 Å². The Kier molecular flexibility index (Phi) is 3.07. The van der Waals surface area contributed by atoms with E-state index in [1.807, 2.05) is 19.2 Å². The van der Waals surface area contributed by atoms with Crippen molar-refractivity contribution >= 4 is 17.3 Å². The van der Waals surface area contributed by atoms with Gasteiger partial charge in [-0.2, -0.15) is 5.10 Å². The van der Waals surface area contributed by atoms with Crippen molar-refractivity contribution in [2.45, 2.75) is 26.2 Å². The summed E-state index contributed by atoms with van der Waals surface area (Å²) in [6.45, 7) is 6.21. The monoisotopic (exact) mass is 264 g/mol. The lowest BCUT2D eigenvalue weighted by Gasteiger charge is -2.12. The smallest absolute Gasteiger partial charge is 0.161 e. The van der Waals surface area contributed by atoms with Crippen LogP contribution in [0.25, 0.3) is 11.4 Å². The number of nitrogen functional groups attached to an aromatic ring is 1. The third kappa shape index (κ3) is 2.20. The molecule has 0 atom stereocenters. The Morgan fingerprint density at radius 1 is 1.28 bits per heavy atom. The number of anilines is 1. The Morgan fingerprint density at radius 3 is 2.44 bits per heavy atom. The molecular formula is C13H17ClN4. The molecule has 5 heteroatoms. The van der Waals surface area contributed by atoms with Gasteiger partial charge < -0.3 is 5.73 Å². The van der Waals surface area contributed by atoms with Gasteiger partial charge in [0.1, 0.15) is 0 Å². The average Bonchev–Trinajstić information content (AvgIpc) is 2.60. The van der Waals surface area contributed by atoms with E-state index in [1.165, 1.54) is 0 Å². The van der Waals surface area contributed by atoms with Gasteiger partial charge in [-0.05, 0) is 12.1 Å². The lowest BCUT2D eigenvalue weighted by molar-refractivity contribution is 0.538. The zero-order valence-corrected chi connectivity index (χ0v) is 11.8. The Bertz CT molecular complexity index is 561. The first-order chi connectivity index (χ1) is 8.30. The maximum absolute atomic E-state index is 6.20. The Labute approximate surface area is 112 Å². The van der Waals surface area contributed by atoms with Crippen molar-refractivity contribution in [2.75, 3.05) is 5.73 Å². The minimum absolute atomic E-state index is 0.105. The molecule has 18 heavy (non-hydrogen) atoms. The molecule has 0 aliphatic heterocycles. The fourth-order valence-corrected chi connectivity index (χ4v) is 1.96. The molecule has 0 bridgehead atoms. The fraction of sp³-hybridized carbons (Fsp3) is 0.385. The van der Waals surface area contributed by atoms with Crippen LogP contribution in [0.1, 0.15) is 26.6 Å². The van der Waals surface area contributed by atoms with Crippen molar-refractivity contribution in [3.8, 4) is 11.4 Å². The highest BCUT2D eigenvalue weighted by molar-refractivity contribution is 6.33. The summed E-state index contributed by atoms with van der Waals surface area (Å²) in [6.07, 6.45) is 0. The maximum atomic E-state index is 6.20. The number of nitrogens with two attached hydrogens (primary N) is 1. The molecule has 0 saturated carbocycles. The first-order valence-electron chi connectivity index (χ1n) is 5.76. The molecule has 0 aliphatic carbocycles. The van der Waals surface area contributed by atoms with Gasteiger partial charge in [-0.15, -0.1) is 0 Å². The van der Waals surface area contributed by atoms with Gasteiger partial charge in [-0.25, -0.2) is 9.67 Å². The number of hydrogen-bond donors (Lipinski definition) is 1. The second-order valence-electron chi connectivity index (χ2n) is 5.34. The van der Waals surface area contributed by atoms with Gasteiger partial charge in [0, 0.05) is 18.2 Å². The van der Waals surface area contributed by atoms with E-state index < -0.39 is 0 Å². The standard InChI is InChI=1S/C13H17ClN4/c1-13(2,3)12-16-11(18(4)17-12)10-8(14)6-5-7-9(10)15/h5-7H,15H2,1-4H3. The van der Waals surface area contributed by atoms with Crippen molar-refractivity contribution in [2.24, 2.45) is 7.05 Å². The first-order valence-corrected chi connectivity index (χ1v) is 6.14. The van der Waals surface area contributed by atoms with Gasteiger partial charge in [0.25, 0.3) is 0 Å². The molecule has 2 rings (SSSR count). The molecule has 1 aromatic carbocycles. The predicted molar refractivity (Wildman–Crippen MR) is 74.6 cm³/mol. The van der Waals surface area contributed by atoms with Gasteiger partial charge in [-0.3, -0.25) is 0 Å². The zero-order chi connectivity index (χ0) is 13.5. The molecule has 0 amide bonds. The number of halogens is 1. The van der Waals surface area contributed by atoms with Gasteiger partial charge in [-0.1, -0.05) is 38.4 Å². The highest BCUT2D eigenvalue weighted by Gasteiger charge is 2.23. The number of hydrogen-bond acceptors (Lipinski definition) is 3. The Hall–Kier alpha value is -1.55. The summed E-state index contributed by atoms with van der Waals surface area (Å²) < 4.78 is 1.72. The van der Waals surface area contributed by atoms with Crippen LogP contribution < -0.4 is 5.73 Å². The van der Waals surface area contributed by atoms with Crippen LogP contribution >= 0.6 is 11.6 Å². The van der Waals surface area contributed by atoms with Crippen molar-refractivity contribution in [3.05, 3.63) is 29.0 Å². The summed E-state index contributed by atoms with van der Waals surface area (Å²) in [5, 5.41) is 5.02. The van der Waals surface area contributed by atoms with Crippen LogP contribution in [0.4, 0.5) is 5.69 Å². The topological polar surface area (TPSA) is 56.7 Å². The third-order valence-electron chi connectivity index (χ3n) is 2.70. The third-order valence-corrected chi connectivity index (χ3v) is 3.02. The molecule has 1 aromatic heterocycles. The van der Waals surface area contributed by atoms with Crippen molar-refractivity contribution in [1.29, 1.82) is 0 Å². The van der Waals surface area contributed by atoms with E-state index in [0.717, 1.165) is 11.4 Å². The molecule has 0 aliphatic rings. The van der Waals surface area contributed by atoms with Crippen molar-refractivity contribution in [1.82, 2.24) is 14.8 Å². The van der Waals surface area contributed by atoms with E-state index in [1.54, 1.807) is 10.7 Å². The molecule has 96 valence electrons. The number of benzene rings is 1. The quantitative estimate of drug-likeness (QED) is 0.806. The maximum Gasteiger partial charge on any atom is 0.161 e. The van der Waals surface area contributed by atoms with E-state index in [9.17, 15) is 0 Å². The molecule has 1 heterocycles. The Balaban J connectivity index is 2.62. The number of aryl methyl sites for hydroxylation is 1. The van der Waals surface area contributed by atoms with Crippen LogP contribution in [0.5, 0.6) is 0 Å². The summed E-state index contributed by atoms with van der Waals surface area (Å²) in [5.41, 5.74) is 7.22. The lowest BCUT2D eigenvalue weighted by atomic mass is 9.96. The summed E-state index contributed by atoms with van der Waals surface area (Å²) in [6, 6.07) is 5.44. The van der Waals surface area contributed by atoms with Crippen LogP contribution in [0.15, 0.2) is 18.2 Å². The highest BCUT2D eigenvalue weighted by Crippen LogP contribution is 2.32. The molecule has 2 N–H and O–H groups in total. The van der Waals surface area contributed by atoms with E-state index in [2.05, 4.69) is 30.9 Å². The Morgan fingerprint density at radius 2 is 1.94 bits per heavy atom. The SMILES string of the molecule is Cn1nc(C(C)(C)C)nc1-c1c(N)cccc1Cl. The molecule has 0 spiro atoms. The van der Waals surface area contributed by atoms with Gasteiger partial charge in [0.05, 0.1) is 10.6 Å². The molecule has 2 aromatic rings. The lowest BCUT2D eigenvalue weighted by Crippen LogP contribution is -2.13. The second-order valence-corrected chi connectivity index (χ2v) is 5.74. The molecule has 4 nitrogen and oxygen atoms in total.